The molecule has 0 spiro atoms. The van der Waals surface area contributed by atoms with Gasteiger partial charge < -0.3 is 15.0 Å². The molecule has 1 aromatic heterocycles. The molecule has 3 aromatic rings. The van der Waals surface area contributed by atoms with E-state index in [1.807, 2.05) is 30.3 Å². The van der Waals surface area contributed by atoms with Gasteiger partial charge in [-0.25, -0.2) is 4.98 Å². The Balaban J connectivity index is 1.70. The number of halogens is 2. The van der Waals surface area contributed by atoms with Crippen LogP contribution >= 0.6 is 31.9 Å². The summed E-state index contributed by atoms with van der Waals surface area (Å²) >= 11 is 7.02. The summed E-state index contributed by atoms with van der Waals surface area (Å²) in [6.45, 7) is 1.36. The van der Waals surface area contributed by atoms with E-state index in [0.717, 1.165) is 37.1 Å². The standard InChI is InChI=1S/C16H15Br2N3O/c1-22-16-10(6-11(17)7-12(16)18)8-19-9-15-20-13-4-2-3-5-14(13)21-15/h2-7,19H,8-9H2,1H3,(H,20,21). The Hall–Kier alpha value is -1.37. The van der Waals surface area contributed by atoms with E-state index in [1.54, 1.807) is 7.11 Å². The molecule has 22 heavy (non-hydrogen) atoms. The van der Waals surface area contributed by atoms with Crippen LogP contribution < -0.4 is 10.1 Å². The Morgan fingerprint density at radius 2 is 2.00 bits per heavy atom. The second kappa shape index (κ2) is 6.81. The molecular formula is C16H15Br2N3O. The fraction of sp³-hybridized carbons (Fsp3) is 0.188. The first-order valence-corrected chi connectivity index (χ1v) is 8.42. The molecule has 4 nitrogen and oxygen atoms in total. The van der Waals surface area contributed by atoms with E-state index in [9.17, 15) is 0 Å². The van der Waals surface area contributed by atoms with Crippen molar-refractivity contribution < 1.29 is 4.74 Å². The Morgan fingerprint density at radius 1 is 1.18 bits per heavy atom. The first-order valence-electron chi connectivity index (χ1n) is 6.83. The average Bonchev–Trinajstić information content (AvgIpc) is 2.89. The van der Waals surface area contributed by atoms with E-state index >= 15 is 0 Å². The van der Waals surface area contributed by atoms with Crippen molar-refractivity contribution in [1.82, 2.24) is 15.3 Å². The quantitative estimate of drug-likeness (QED) is 0.638. The maximum absolute atomic E-state index is 5.45. The van der Waals surface area contributed by atoms with Gasteiger partial charge in [-0.05, 0) is 40.2 Å². The summed E-state index contributed by atoms with van der Waals surface area (Å²) in [5.74, 6) is 1.77. The zero-order valence-corrected chi connectivity index (χ0v) is 15.2. The van der Waals surface area contributed by atoms with Crippen molar-refractivity contribution in [3.8, 4) is 5.75 Å². The summed E-state index contributed by atoms with van der Waals surface area (Å²) in [6, 6.07) is 12.0. The number of H-pyrrole nitrogens is 1. The van der Waals surface area contributed by atoms with Crippen LogP contribution in [0.2, 0.25) is 0 Å². The number of benzene rings is 2. The van der Waals surface area contributed by atoms with Crippen LogP contribution in [0.15, 0.2) is 45.3 Å². The summed E-state index contributed by atoms with van der Waals surface area (Å²) in [5, 5.41) is 3.39. The average molecular weight is 425 g/mol. The van der Waals surface area contributed by atoms with Crippen molar-refractivity contribution in [3.05, 3.63) is 56.7 Å². The Kier molecular flexibility index (Phi) is 4.81. The van der Waals surface area contributed by atoms with Gasteiger partial charge in [0.15, 0.2) is 0 Å². The summed E-state index contributed by atoms with van der Waals surface area (Å²) in [7, 11) is 1.68. The molecule has 3 rings (SSSR count). The topological polar surface area (TPSA) is 49.9 Å². The van der Waals surface area contributed by atoms with Crippen molar-refractivity contribution in [2.75, 3.05) is 7.11 Å². The van der Waals surface area contributed by atoms with Gasteiger partial charge in [0.05, 0.1) is 29.2 Å². The minimum absolute atomic E-state index is 0.669. The van der Waals surface area contributed by atoms with E-state index in [1.165, 1.54) is 0 Å². The van der Waals surface area contributed by atoms with Crippen LogP contribution in [0.25, 0.3) is 11.0 Å². The van der Waals surface area contributed by atoms with Crippen LogP contribution in [0.4, 0.5) is 0 Å². The molecule has 114 valence electrons. The number of hydrogen-bond acceptors (Lipinski definition) is 3. The molecule has 0 unspecified atom stereocenters. The Labute approximate surface area is 145 Å². The molecule has 1 heterocycles. The lowest BCUT2D eigenvalue weighted by atomic mass is 10.2. The van der Waals surface area contributed by atoms with Gasteiger partial charge in [0.2, 0.25) is 0 Å². The molecule has 0 aliphatic rings. The van der Waals surface area contributed by atoms with Crippen molar-refractivity contribution in [1.29, 1.82) is 0 Å². The number of aromatic amines is 1. The number of ether oxygens (including phenoxy) is 1. The van der Waals surface area contributed by atoms with E-state index in [-0.39, 0.29) is 0 Å². The van der Waals surface area contributed by atoms with Gasteiger partial charge in [0.1, 0.15) is 11.6 Å². The molecule has 0 bridgehead atoms. The number of methoxy groups -OCH3 is 1. The molecule has 0 aliphatic heterocycles. The number of imidazole rings is 1. The van der Waals surface area contributed by atoms with Gasteiger partial charge in [-0.2, -0.15) is 0 Å². The summed E-state index contributed by atoms with van der Waals surface area (Å²) in [4.78, 5) is 7.86. The van der Waals surface area contributed by atoms with Crippen LogP contribution in [-0.2, 0) is 13.1 Å². The Morgan fingerprint density at radius 3 is 2.77 bits per heavy atom. The van der Waals surface area contributed by atoms with Crippen molar-refractivity contribution in [2.45, 2.75) is 13.1 Å². The molecule has 2 N–H and O–H groups in total. The largest absolute Gasteiger partial charge is 0.495 e. The lowest BCUT2D eigenvalue weighted by Gasteiger charge is -2.11. The van der Waals surface area contributed by atoms with Crippen LogP contribution in [0.3, 0.4) is 0 Å². The number of fused-ring (bicyclic) bond motifs is 1. The highest BCUT2D eigenvalue weighted by Crippen LogP contribution is 2.32. The van der Waals surface area contributed by atoms with E-state index in [2.05, 4.69) is 53.2 Å². The maximum atomic E-state index is 5.45. The molecule has 0 saturated carbocycles. The predicted molar refractivity (Wildman–Crippen MR) is 95.0 cm³/mol. The predicted octanol–water partition coefficient (Wildman–Crippen LogP) is 4.39. The fourth-order valence-corrected chi connectivity index (χ4v) is 3.85. The highest BCUT2D eigenvalue weighted by atomic mass is 79.9. The molecule has 0 fully saturated rings. The molecule has 2 aromatic carbocycles. The smallest absolute Gasteiger partial charge is 0.137 e. The van der Waals surface area contributed by atoms with E-state index in [0.29, 0.717) is 13.1 Å². The fourth-order valence-electron chi connectivity index (χ4n) is 2.38. The van der Waals surface area contributed by atoms with Gasteiger partial charge in [-0.3, -0.25) is 0 Å². The van der Waals surface area contributed by atoms with Gasteiger partial charge in [-0.15, -0.1) is 0 Å². The van der Waals surface area contributed by atoms with Crippen LogP contribution in [0.5, 0.6) is 5.75 Å². The Bertz CT molecular complexity index is 768. The number of hydrogen-bond donors (Lipinski definition) is 2. The number of nitrogens with one attached hydrogen (secondary N) is 2. The molecule has 0 amide bonds. The summed E-state index contributed by atoms with van der Waals surface area (Å²) in [6.07, 6.45) is 0. The van der Waals surface area contributed by atoms with Gasteiger partial charge in [0, 0.05) is 16.6 Å². The van der Waals surface area contributed by atoms with Crippen LogP contribution in [0.1, 0.15) is 11.4 Å². The first-order chi connectivity index (χ1) is 10.7. The molecular weight excluding hydrogens is 410 g/mol. The minimum atomic E-state index is 0.669. The zero-order chi connectivity index (χ0) is 15.5. The lowest BCUT2D eigenvalue weighted by Crippen LogP contribution is -2.14. The lowest BCUT2D eigenvalue weighted by molar-refractivity contribution is 0.404. The molecule has 0 aliphatic carbocycles. The molecule has 0 radical (unpaired) electrons. The third kappa shape index (κ3) is 3.34. The zero-order valence-electron chi connectivity index (χ0n) is 12.0. The van der Waals surface area contributed by atoms with Crippen molar-refractivity contribution >= 4 is 42.9 Å². The molecule has 0 saturated heterocycles. The third-order valence-electron chi connectivity index (χ3n) is 3.34. The number of nitrogens with zero attached hydrogens (tertiary/aromatic N) is 1. The summed E-state index contributed by atoms with van der Waals surface area (Å²) in [5.41, 5.74) is 3.13. The second-order valence-corrected chi connectivity index (χ2v) is 6.65. The maximum Gasteiger partial charge on any atom is 0.137 e. The van der Waals surface area contributed by atoms with E-state index < -0.39 is 0 Å². The highest BCUT2D eigenvalue weighted by Gasteiger charge is 2.09. The van der Waals surface area contributed by atoms with Gasteiger partial charge in [0.25, 0.3) is 0 Å². The molecule has 0 atom stereocenters. The van der Waals surface area contributed by atoms with Gasteiger partial charge in [-0.1, -0.05) is 28.1 Å². The van der Waals surface area contributed by atoms with Crippen LogP contribution in [0, 0.1) is 0 Å². The number of para-hydroxylation sites is 2. The summed E-state index contributed by atoms with van der Waals surface area (Å²) < 4.78 is 7.40. The van der Waals surface area contributed by atoms with Crippen molar-refractivity contribution in [3.63, 3.8) is 0 Å². The van der Waals surface area contributed by atoms with E-state index in [4.69, 9.17) is 4.74 Å². The molecule has 6 heteroatoms. The second-order valence-electron chi connectivity index (χ2n) is 4.88. The van der Waals surface area contributed by atoms with Crippen molar-refractivity contribution in [2.24, 2.45) is 0 Å². The monoisotopic (exact) mass is 423 g/mol. The minimum Gasteiger partial charge on any atom is -0.495 e. The van der Waals surface area contributed by atoms with Crippen LogP contribution in [-0.4, -0.2) is 17.1 Å². The SMILES string of the molecule is COc1c(Br)cc(Br)cc1CNCc1nc2ccccc2[nH]1. The number of aromatic nitrogens is 2. The first kappa shape index (κ1) is 15.5. The third-order valence-corrected chi connectivity index (χ3v) is 4.38. The normalized spacial score (nSPS) is 11.0. The highest BCUT2D eigenvalue weighted by molar-refractivity contribution is 9.11. The number of rotatable bonds is 5. The van der Waals surface area contributed by atoms with Gasteiger partial charge >= 0.3 is 0 Å².